The monoisotopic (exact) mass is 361 g/mol. The number of hydrogen-bond donors (Lipinski definition) is 2. The van der Waals surface area contributed by atoms with Gasteiger partial charge in [0.1, 0.15) is 0 Å². The summed E-state index contributed by atoms with van der Waals surface area (Å²) in [6.45, 7) is 2.91. The molecule has 2 N–H and O–H groups in total. The number of aromatic nitrogens is 2. The van der Waals surface area contributed by atoms with E-state index in [0.29, 0.717) is 24.3 Å². The third kappa shape index (κ3) is 3.05. The summed E-state index contributed by atoms with van der Waals surface area (Å²) in [5.74, 6) is 0.0999. The number of urea groups is 1. The smallest absolute Gasteiger partial charge is 0.318 e. The molecule has 8 nitrogen and oxygen atoms in total. The Morgan fingerprint density at radius 2 is 2.16 bits per heavy atom. The molecule has 2 saturated heterocycles. The second kappa shape index (κ2) is 5.92. The van der Waals surface area contributed by atoms with Gasteiger partial charge in [-0.1, -0.05) is 6.07 Å². The third-order valence-electron chi connectivity index (χ3n) is 4.74. The summed E-state index contributed by atoms with van der Waals surface area (Å²) in [5.41, 5.74) is 2.11. The molecule has 2 amide bonds. The summed E-state index contributed by atoms with van der Waals surface area (Å²) in [7, 11) is -3.11. The Morgan fingerprint density at radius 3 is 3.00 bits per heavy atom. The van der Waals surface area contributed by atoms with E-state index in [9.17, 15) is 13.2 Å². The maximum absolute atomic E-state index is 12.8. The lowest BCUT2D eigenvalue weighted by Crippen LogP contribution is -2.59. The molecule has 3 heterocycles. The van der Waals surface area contributed by atoms with Gasteiger partial charge in [0.2, 0.25) is 0 Å². The number of hydrogen-bond acceptors (Lipinski definition) is 6. The molecule has 1 aromatic heterocycles. The molecule has 4 rings (SSSR count). The minimum absolute atomic E-state index is 0.0121. The van der Waals surface area contributed by atoms with Crippen molar-refractivity contribution in [1.29, 1.82) is 0 Å². The average molecular weight is 361 g/mol. The zero-order valence-corrected chi connectivity index (χ0v) is 14.6. The Bertz CT molecular complexity index is 946. The largest absolute Gasteiger partial charge is 0.322 e. The Morgan fingerprint density at radius 1 is 1.32 bits per heavy atom. The number of nitrogens with zero attached hydrogens (tertiary/aromatic N) is 3. The van der Waals surface area contributed by atoms with Crippen LogP contribution in [0.5, 0.6) is 0 Å². The molecule has 0 saturated carbocycles. The Labute approximate surface area is 145 Å². The first-order valence-electron chi connectivity index (χ1n) is 8.17. The van der Waals surface area contributed by atoms with E-state index < -0.39 is 9.84 Å². The van der Waals surface area contributed by atoms with Crippen LogP contribution >= 0.6 is 0 Å². The molecule has 2 aromatic rings. The summed E-state index contributed by atoms with van der Waals surface area (Å²) in [5, 5.41) is 15.1. The van der Waals surface area contributed by atoms with Crippen molar-refractivity contribution in [3.8, 4) is 0 Å². The molecule has 2 fully saturated rings. The molecule has 0 spiro atoms. The molecule has 0 radical (unpaired) electrons. The van der Waals surface area contributed by atoms with Crippen molar-refractivity contribution in [2.75, 3.05) is 29.9 Å². The lowest BCUT2D eigenvalue weighted by molar-refractivity contribution is 0.163. The first-order chi connectivity index (χ1) is 11.9. The Balaban J connectivity index is 1.61. The van der Waals surface area contributed by atoms with Gasteiger partial charge in [-0.05, 0) is 25.1 Å². The van der Waals surface area contributed by atoms with E-state index in [1.165, 1.54) is 0 Å². The number of fused-ring (bicyclic) bond motifs is 2. The van der Waals surface area contributed by atoms with Crippen LogP contribution in [-0.2, 0) is 9.84 Å². The molecule has 132 valence electrons. The minimum atomic E-state index is -3.11. The Kier molecular flexibility index (Phi) is 3.84. The summed E-state index contributed by atoms with van der Waals surface area (Å²) in [6, 6.07) is 6.53. The summed E-state index contributed by atoms with van der Waals surface area (Å²) in [4.78, 5) is 14.4. The van der Waals surface area contributed by atoms with Gasteiger partial charge in [0.05, 0.1) is 34.4 Å². The van der Waals surface area contributed by atoms with Gasteiger partial charge in [-0.25, -0.2) is 13.2 Å². The van der Waals surface area contributed by atoms with Crippen molar-refractivity contribution in [3.05, 3.63) is 30.0 Å². The lowest BCUT2D eigenvalue weighted by Gasteiger charge is -2.37. The number of carbonyl (C=O) groups excluding carboxylic acids is 1. The van der Waals surface area contributed by atoms with Crippen LogP contribution in [0, 0.1) is 6.92 Å². The van der Waals surface area contributed by atoms with Crippen LogP contribution in [0.3, 0.4) is 0 Å². The van der Waals surface area contributed by atoms with Crippen molar-refractivity contribution >= 4 is 32.5 Å². The fraction of sp³-hybridized carbons (Fsp3) is 0.438. The topological polar surface area (TPSA) is 104 Å². The first kappa shape index (κ1) is 16.2. The first-order valence-corrected chi connectivity index (χ1v) is 9.99. The van der Waals surface area contributed by atoms with Gasteiger partial charge in [0.25, 0.3) is 0 Å². The number of nitrogens with one attached hydrogen (secondary N) is 2. The van der Waals surface area contributed by atoms with Crippen molar-refractivity contribution in [2.24, 2.45) is 0 Å². The van der Waals surface area contributed by atoms with Gasteiger partial charge in [0, 0.05) is 24.5 Å². The normalized spacial score (nSPS) is 24.9. The molecule has 2 aliphatic heterocycles. The summed E-state index contributed by atoms with van der Waals surface area (Å²) >= 11 is 0. The van der Waals surface area contributed by atoms with Crippen LogP contribution < -0.4 is 10.6 Å². The zero-order chi connectivity index (χ0) is 17.6. The average Bonchev–Trinajstić information content (AvgIpc) is 2.89. The number of rotatable bonds is 1. The summed E-state index contributed by atoms with van der Waals surface area (Å²) < 4.78 is 23.8. The highest BCUT2D eigenvalue weighted by Crippen LogP contribution is 2.25. The van der Waals surface area contributed by atoms with Crippen LogP contribution in [0.4, 0.5) is 10.5 Å². The standard InChI is InChI=1S/C16H19N5O3S/c1-10-7-11-12(3-2-4-13(11)20-19-10)18-16(22)21-6-5-17-14-8-25(23,24)9-15(14)21/h2-4,7,14-15,17H,5-6,8-9H2,1H3,(H,18,22)/t14-,15+/m0/s1. The summed E-state index contributed by atoms with van der Waals surface area (Å²) in [6.07, 6.45) is 0. The van der Waals surface area contributed by atoms with Gasteiger partial charge in [-0.15, -0.1) is 0 Å². The van der Waals surface area contributed by atoms with Gasteiger partial charge >= 0.3 is 6.03 Å². The van der Waals surface area contributed by atoms with Gasteiger partial charge in [0.15, 0.2) is 9.84 Å². The van der Waals surface area contributed by atoms with E-state index in [4.69, 9.17) is 0 Å². The number of carbonyl (C=O) groups is 1. The van der Waals surface area contributed by atoms with Crippen LogP contribution in [0.1, 0.15) is 5.69 Å². The van der Waals surface area contributed by atoms with E-state index in [1.54, 1.807) is 4.90 Å². The molecule has 0 unspecified atom stereocenters. The van der Waals surface area contributed by atoms with E-state index >= 15 is 0 Å². The Hall–Kier alpha value is -2.26. The van der Waals surface area contributed by atoms with E-state index in [2.05, 4.69) is 20.8 Å². The SMILES string of the molecule is Cc1cc2c(NC(=O)N3CCN[C@H]4CS(=O)(=O)C[C@H]43)cccc2nn1. The van der Waals surface area contributed by atoms with Crippen molar-refractivity contribution in [1.82, 2.24) is 20.4 Å². The van der Waals surface area contributed by atoms with Crippen LogP contribution in [0.2, 0.25) is 0 Å². The number of benzene rings is 1. The molecule has 0 aliphatic carbocycles. The van der Waals surface area contributed by atoms with Gasteiger partial charge < -0.3 is 15.5 Å². The highest BCUT2D eigenvalue weighted by Gasteiger charge is 2.44. The van der Waals surface area contributed by atoms with E-state index in [1.807, 2.05) is 31.2 Å². The van der Waals surface area contributed by atoms with Crippen molar-refractivity contribution < 1.29 is 13.2 Å². The number of sulfone groups is 1. The predicted molar refractivity (Wildman–Crippen MR) is 94.2 cm³/mol. The maximum atomic E-state index is 12.8. The number of aryl methyl sites for hydroxylation is 1. The molecule has 2 aliphatic rings. The fourth-order valence-corrected chi connectivity index (χ4v) is 5.53. The van der Waals surface area contributed by atoms with Crippen LogP contribution in [-0.4, -0.2) is 66.2 Å². The second-order valence-electron chi connectivity index (χ2n) is 6.55. The number of piperazine rings is 1. The van der Waals surface area contributed by atoms with E-state index in [-0.39, 0.29) is 29.6 Å². The number of anilines is 1. The van der Waals surface area contributed by atoms with Crippen LogP contribution in [0.25, 0.3) is 10.9 Å². The molecular weight excluding hydrogens is 342 g/mol. The third-order valence-corrected chi connectivity index (χ3v) is 6.45. The molecule has 9 heteroatoms. The molecular formula is C16H19N5O3S. The minimum Gasteiger partial charge on any atom is -0.318 e. The predicted octanol–water partition coefficient (Wildman–Crippen LogP) is 0.541. The zero-order valence-electron chi connectivity index (χ0n) is 13.8. The van der Waals surface area contributed by atoms with Crippen LogP contribution in [0.15, 0.2) is 24.3 Å². The van der Waals surface area contributed by atoms with Gasteiger partial charge in [-0.3, -0.25) is 0 Å². The molecule has 1 aromatic carbocycles. The molecule has 0 bridgehead atoms. The van der Waals surface area contributed by atoms with Crippen molar-refractivity contribution in [2.45, 2.75) is 19.0 Å². The quantitative estimate of drug-likeness (QED) is 0.768. The van der Waals surface area contributed by atoms with E-state index in [0.717, 1.165) is 11.1 Å². The molecule has 25 heavy (non-hydrogen) atoms. The fourth-order valence-electron chi connectivity index (χ4n) is 3.58. The lowest BCUT2D eigenvalue weighted by atomic mass is 10.1. The molecule has 2 atom stereocenters. The van der Waals surface area contributed by atoms with Crippen molar-refractivity contribution in [3.63, 3.8) is 0 Å². The highest BCUT2D eigenvalue weighted by atomic mass is 32.2. The highest BCUT2D eigenvalue weighted by molar-refractivity contribution is 7.91. The number of amides is 2. The second-order valence-corrected chi connectivity index (χ2v) is 8.71. The maximum Gasteiger partial charge on any atom is 0.322 e. The van der Waals surface area contributed by atoms with Gasteiger partial charge in [-0.2, -0.15) is 10.2 Å².